The van der Waals surface area contributed by atoms with Gasteiger partial charge >= 0.3 is 5.97 Å². The van der Waals surface area contributed by atoms with Crippen LogP contribution >= 0.6 is 23.4 Å². The Balaban J connectivity index is 2.61. The van der Waals surface area contributed by atoms with Gasteiger partial charge in [0.1, 0.15) is 0 Å². The van der Waals surface area contributed by atoms with E-state index in [1.165, 1.54) is 0 Å². The summed E-state index contributed by atoms with van der Waals surface area (Å²) in [4.78, 5) is 11.7. The third-order valence-electron chi connectivity index (χ3n) is 1.87. The zero-order chi connectivity index (χ0) is 12.0. The topological polar surface area (TPSA) is 46.5 Å². The normalized spacial score (nSPS) is 10.4. The van der Waals surface area contributed by atoms with Crippen molar-refractivity contribution in [3.05, 3.63) is 28.8 Å². The lowest BCUT2D eigenvalue weighted by Crippen LogP contribution is -1.99. The zero-order valence-corrected chi connectivity index (χ0v) is 10.5. The molecule has 0 saturated heterocycles. The standard InChI is InChI=1S/C11H13ClO3S/c1-2-15-5-6-16-8-3-4-10(12)9(7-8)11(13)14/h3-4,7H,2,5-6H2,1H3,(H,13,14). The van der Waals surface area contributed by atoms with Gasteiger partial charge in [-0.3, -0.25) is 0 Å². The summed E-state index contributed by atoms with van der Waals surface area (Å²) in [5.41, 5.74) is 0.142. The van der Waals surface area contributed by atoms with E-state index < -0.39 is 5.97 Å². The van der Waals surface area contributed by atoms with Crippen molar-refractivity contribution in [2.75, 3.05) is 19.0 Å². The number of halogens is 1. The lowest BCUT2D eigenvalue weighted by atomic mass is 10.2. The van der Waals surface area contributed by atoms with Crippen LogP contribution in [0.4, 0.5) is 0 Å². The van der Waals surface area contributed by atoms with Gasteiger partial charge in [-0.1, -0.05) is 11.6 Å². The first-order valence-electron chi connectivity index (χ1n) is 4.88. The van der Waals surface area contributed by atoms with Gasteiger partial charge in [-0.25, -0.2) is 4.79 Å². The first-order chi connectivity index (χ1) is 7.65. The van der Waals surface area contributed by atoms with Crippen LogP contribution in [0.2, 0.25) is 5.02 Å². The highest BCUT2D eigenvalue weighted by Gasteiger charge is 2.09. The van der Waals surface area contributed by atoms with Crippen molar-refractivity contribution in [1.82, 2.24) is 0 Å². The van der Waals surface area contributed by atoms with Gasteiger partial charge in [-0.2, -0.15) is 0 Å². The highest BCUT2D eigenvalue weighted by atomic mass is 35.5. The van der Waals surface area contributed by atoms with E-state index in [1.807, 2.05) is 13.0 Å². The van der Waals surface area contributed by atoms with Crippen LogP contribution in [0.15, 0.2) is 23.1 Å². The summed E-state index contributed by atoms with van der Waals surface area (Å²) in [6, 6.07) is 5.00. The van der Waals surface area contributed by atoms with Crippen molar-refractivity contribution < 1.29 is 14.6 Å². The Morgan fingerprint density at radius 1 is 1.56 bits per heavy atom. The summed E-state index contributed by atoms with van der Waals surface area (Å²) in [6.45, 7) is 3.29. The maximum atomic E-state index is 10.8. The minimum absolute atomic E-state index is 0.142. The Kier molecular flexibility index (Phi) is 5.66. The zero-order valence-electron chi connectivity index (χ0n) is 8.90. The molecule has 0 fully saturated rings. The van der Waals surface area contributed by atoms with Crippen LogP contribution in [0, 0.1) is 0 Å². The van der Waals surface area contributed by atoms with Crippen molar-refractivity contribution in [2.24, 2.45) is 0 Å². The van der Waals surface area contributed by atoms with Crippen molar-refractivity contribution in [3.8, 4) is 0 Å². The number of rotatable bonds is 6. The first-order valence-corrected chi connectivity index (χ1v) is 6.25. The summed E-state index contributed by atoms with van der Waals surface area (Å²) < 4.78 is 5.19. The number of hydrogen-bond donors (Lipinski definition) is 1. The molecular formula is C11H13ClO3S. The molecule has 5 heteroatoms. The molecule has 1 rings (SSSR count). The molecule has 0 aliphatic rings. The fourth-order valence-corrected chi connectivity index (χ4v) is 2.12. The second kappa shape index (κ2) is 6.78. The maximum Gasteiger partial charge on any atom is 0.337 e. The molecule has 0 radical (unpaired) electrons. The highest BCUT2D eigenvalue weighted by Crippen LogP contribution is 2.24. The number of aromatic carboxylic acids is 1. The quantitative estimate of drug-likeness (QED) is 0.630. The molecule has 0 aromatic heterocycles. The number of thioether (sulfide) groups is 1. The molecule has 1 N–H and O–H groups in total. The van der Waals surface area contributed by atoms with Crippen LogP contribution < -0.4 is 0 Å². The molecule has 0 aliphatic heterocycles. The van der Waals surface area contributed by atoms with Crippen LogP contribution in [-0.4, -0.2) is 30.0 Å². The predicted molar refractivity (Wildman–Crippen MR) is 65.6 cm³/mol. The number of carboxylic acids is 1. The van der Waals surface area contributed by atoms with Gasteiger partial charge in [0.05, 0.1) is 17.2 Å². The molecule has 0 heterocycles. The monoisotopic (exact) mass is 260 g/mol. The average molecular weight is 261 g/mol. The van der Waals surface area contributed by atoms with E-state index in [2.05, 4.69) is 0 Å². The predicted octanol–water partition coefficient (Wildman–Crippen LogP) is 3.17. The summed E-state index contributed by atoms with van der Waals surface area (Å²) >= 11 is 7.31. The van der Waals surface area contributed by atoms with Crippen LogP contribution in [0.5, 0.6) is 0 Å². The maximum absolute atomic E-state index is 10.8. The van der Waals surface area contributed by atoms with E-state index in [0.717, 1.165) is 10.6 Å². The lowest BCUT2D eigenvalue weighted by molar-refractivity contribution is 0.0697. The van der Waals surface area contributed by atoms with Gasteiger partial charge in [0.15, 0.2) is 0 Å². The van der Waals surface area contributed by atoms with Crippen LogP contribution in [-0.2, 0) is 4.74 Å². The van der Waals surface area contributed by atoms with Gasteiger partial charge in [0.2, 0.25) is 0 Å². The summed E-state index contributed by atoms with van der Waals surface area (Å²) in [5.74, 6) is -0.202. The molecular weight excluding hydrogens is 248 g/mol. The summed E-state index contributed by atoms with van der Waals surface area (Å²) in [7, 11) is 0. The number of carboxylic acid groups (broad SMARTS) is 1. The smallest absolute Gasteiger partial charge is 0.337 e. The Labute approximate surface area is 104 Å². The van der Waals surface area contributed by atoms with Crippen molar-refractivity contribution >= 4 is 29.3 Å². The lowest BCUT2D eigenvalue weighted by Gasteiger charge is -2.04. The Bertz CT molecular complexity index is 368. The molecule has 16 heavy (non-hydrogen) atoms. The second-order valence-corrected chi connectivity index (χ2v) is 4.57. The third kappa shape index (κ3) is 4.04. The van der Waals surface area contributed by atoms with E-state index in [0.29, 0.717) is 13.2 Å². The minimum Gasteiger partial charge on any atom is -0.478 e. The van der Waals surface area contributed by atoms with Crippen LogP contribution in [0.25, 0.3) is 0 Å². The van der Waals surface area contributed by atoms with Gasteiger partial charge in [-0.15, -0.1) is 11.8 Å². The highest BCUT2D eigenvalue weighted by molar-refractivity contribution is 7.99. The number of ether oxygens (including phenoxy) is 1. The van der Waals surface area contributed by atoms with Gasteiger partial charge in [0, 0.05) is 17.3 Å². The van der Waals surface area contributed by atoms with Crippen LogP contribution in [0.1, 0.15) is 17.3 Å². The summed E-state index contributed by atoms with van der Waals surface area (Å²) in [6.07, 6.45) is 0. The number of hydrogen-bond acceptors (Lipinski definition) is 3. The van der Waals surface area contributed by atoms with Gasteiger partial charge < -0.3 is 9.84 Å². The molecule has 0 aliphatic carbocycles. The molecule has 0 spiro atoms. The van der Waals surface area contributed by atoms with Gasteiger partial charge in [0.25, 0.3) is 0 Å². The van der Waals surface area contributed by atoms with Crippen molar-refractivity contribution in [3.63, 3.8) is 0 Å². The molecule has 0 unspecified atom stereocenters. The number of benzene rings is 1. The van der Waals surface area contributed by atoms with E-state index in [9.17, 15) is 4.79 Å². The molecule has 0 bridgehead atoms. The van der Waals surface area contributed by atoms with E-state index >= 15 is 0 Å². The Morgan fingerprint density at radius 3 is 2.94 bits per heavy atom. The minimum atomic E-state index is -1.00. The largest absolute Gasteiger partial charge is 0.478 e. The van der Waals surface area contributed by atoms with Gasteiger partial charge in [-0.05, 0) is 25.1 Å². The Morgan fingerprint density at radius 2 is 2.31 bits per heavy atom. The van der Waals surface area contributed by atoms with Crippen LogP contribution in [0.3, 0.4) is 0 Å². The molecule has 88 valence electrons. The fraction of sp³-hybridized carbons (Fsp3) is 0.364. The molecule has 0 atom stereocenters. The SMILES string of the molecule is CCOCCSc1ccc(Cl)c(C(=O)O)c1. The van der Waals surface area contributed by atoms with Crippen molar-refractivity contribution in [1.29, 1.82) is 0 Å². The summed E-state index contributed by atoms with van der Waals surface area (Å²) in [5, 5.41) is 9.15. The second-order valence-electron chi connectivity index (χ2n) is 2.99. The molecule has 0 saturated carbocycles. The van der Waals surface area contributed by atoms with E-state index in [4.69, 9.17) is 21.4 Å². The molecule has 0 amide bonds. The molecule has 1 aromatic carbocycles. The third-order valence-corrected chi connectivity index (χ3v) is 3.16. The van der Waals surface area contributed by atoms with Crippen molar-refractivity contribution in [2.45, 2.75) is 11.8 Å². The molecule has 1 aromatic rings. The average Bonchev–Trinajstić information content (AvgIpc) is 2.26. The van der Waals surface area contributed by atoms with E-state index in [1.54, 1.807) is 23.9 Å². The first kappa shape index (κ1) is 13.4. The molecule has 3 nitrogen and oxygen atoms in total. The Hall–Kier alpha value is -0.710. The van der Waals surface area contributed by atoms with E-state index in [-0.39, 0.29) is 10.6 Å². The number of carbonyl (C=O) groups is 1. The fourth-order valence-electron chi connectivity index (χ4n) is 1.12.